The Morgan fingerprint density at radius 1 is 0.936 bits per heavy atom. The van der Waals surface area contributed by atoms with Crippen LogP contribution in [-0.2, 0) is 35.9 Å². The summed E-state index contributed by atoms with van der Waals surface area (Å²) in [6.07, 6.45) is 1.36. The molecule has 4 aromatic rings. The number of aromatic nitrogens is 2. The molecule has 0 saturated carbocycles. The van der Waals surface area contributed by atoms with E-state index in [2.05, 4.69) is 9.88 Å². The van der Waals surface area contributed by atoms with Gasteiger partial charge in [0, 0.05) is 49.9 Å². The third-order valence-electron chi connectivity index (χ3n) is 8.42. The van der Waals surface area contributed by atoms with Gasteiger partial charge in [-0.15, -0.1) is 0 Å². The minimum Gasteiger partial charge on any atom is -0.493 e. The fourth-order valence-corrected chi connectivity index (χ4v) is 6.18. The Bertz CT molecular complexity index is 1640. The number of amides is 1. The van der Waals surface area contributed by atoms with E-state index in [0.29, 0.717) is 59.2 Å². The summed E-state index contributed by atoms with van der Waals surface area (Å²) in [6, 6.07) is 21.0. The van der Waals surface area contributed by atoms with Gasteiger partial charge >= 0.3 is 0 Å². The molecule has 0 N–H and O–H groups in total. The van der Waals surface area contributed by atoms with Crippen LogP contribution in [0.1, 0.15) is 37.1 Å². The predicted octanol–water partition coefficient (Wildman–Crippen LogP) is 4.90. The number of carbonyl (C=O) groups excluding carboxylic acids is 1. The summed E-state index contributed by atoms with van der Waals surface area (Å²) in [7, 11) is 1.60. The van der Waals surface area contributed by atoms with Crippen LogP contribution >= 0.6 is 0 Å². The molecule has 1 amide bonds. The molecular formula is C36H42N4O7. The Hall–Kier alpha value is -4.13. The highest BCUT2D eigenvalue weighted by Gasteiger charge is 2.57. The molecule has 0 aliphatic carbocycles. The van der Waals surface area contributed by atoms with Crippen molar-refractivity contribution in [2.24, 2.45) is 0 Å². The molecule has 2 aliphatic heterocycles. The van der Waals surface area contributed by atoms with Gasteiger partial charge in [-0.3, -0.25) is 14.6 Å². The van der Waals surface area contributed by atoms with Gasteiger partial charge in [-0.05, 0) is 38.0 Å². The van der Waals surface area contributed by atoms with Crippen LogP contribution in [0.4, 0.5) is 5.69 Å². The van der Waals surface area contributed by atoms with Crippen molar-refractivity contribution in [1.82, 2.24) is 14.9 Å². The van der Waals surface area contributed by atoms with Crippen molar-refractivity contribution in [3.05, 3.63) is 89.9 Å². The maximum absolute atomic E-state index is 15.0. The fourth-order valence-electron chi connectivity index (χ4n) is 6.18. The van der Waals surface area contributed by atoms with E-state index in [0.717, 1.165) is 44.8 Å². The topological polar surface area (TPSA) is 105 Å². The zero-order chi connectivity index (χ0) is 32.6. The van der Waals surface area contributed by atoms with E-state index in [1.165, 1.54) is 11.2 Å². The zero-order valence-corrected chi connectivity index (χ0v) is 27.2. The molecule has 0 unspecified atom stereocenters. The van der Waals surface area contributed by atoms with Gasteiger partial charge in [0.2, 0.25) is 12.0 Å². The van der Waals surface area contributed by atoms with E-state index in [4.69, 9.17) is 33.4 Å². The Morgan fingerprint density at radius 3 is 2.43 bits per heavy atom. The van der Waals surface area contributed by atoms with Crippen molar-refractivity contribution in [2.75, 3.05) is 64.7 Å². The van der Waals surface area contributed by atoms with Crippen molar-refractivity contribution in [3.8, 4) is 11.5 Å². The molecule has 11 nitrogen and oxygen atoms in total. The van der Waals surface area contributed by atoms with Gasteiger partial charge in [0.1, 0.15) is 6.33 Å². The largest absolute Gasteiger partial charge is 0.493 e. The summed E-state index contributed by atoms with van der Waals surface area (Å²) < 4.78 is 36.2. The number of nitrogens with zero attached hydrogens (tertiary/aromatic N) is 4. The fraction of sp³-hybridized carbons (Fsp3) is 0.417. The minimum atomic E-state index is -1.65. The number of carbonyl (C=O) groups is 1. The number of hydrogen-bond acceptors (Lipinski definition) is 10. The van der Waals surface area contributed by atoms with E-state index in [1.54, 1.807) is 7.11 Å². The SMILES string of the molecule is CCOC(OCC)N1C(=O)[C@@](OCc2ccccc2)(c2ncnc3cc(OCCCN4CCOCC4)c(OC)cc23)c2ccccc21. The van der Waals surface area contributed by atoms with Crippen molar-refractivity contribution < 1.29 is 33.2 Å². The summed E-state index contributed by atoms with van der Waals surface area (Å²) in [5.41, 5.74) is 1.50. The first-order valence-corrected chi connectivity index (χ1v) is 16.2. The molecule has 3 aromatic carbocycles. The number of methoxy groups -OCH3 is 1. The highest BCUT2D eigenvalue weighted by molar-refractivity contribution is 6.11. The van der Waals surface area contributed by atoms with Gasteiger partial charge < -0.3 is 28.4 Å². The first-order valence-electron chi connectivity index (χ1n) is 16.2. The molecular weight excluding hydrogens is 600 g/mol. The molecule has 0 radical (unpaired) electrons. The second kappa shape index (κ2) is 15.2. The Kier molecular flexibility index (Phi) is 10.6. The molecule has 1 fully saturated rings. The number of morpholine rings is 1. The van der Waals surface area contributed by atoms with Crippen LogP contribution in [0.3, 0.4) is 0 Å². The second-order valence-corrected chi connectivity index (χ2v) is 11.3. The number of fused-ring (bicyclic) bond motifs is 2. The number of benzene rings is 3. The molecule has 1 atom stereocenters. The van der Waals surface area contributed by atoms with Gasteiger partial charge in [-0.2, -0.15) is 0 Å². The molecule has 0 spiro atoms. The first-order chi connectivity index (χ1) is 23.1. The predicted molar refractivity (Wildman–Crippen MR) is 176 cm³/mol. The normalized spacial score (nSPS) is 18.2. The van der Waals surface area contributed by atoms with E-state index in [1.807, 2.05) is 80.6 Å². The minimum absolute atomic E-state index is 0.148. The lowest BCUT2D eigenvalue weighted by Gasteiger charge is -2.32. The molecule has 1 saturated heterocycles. The third-order valence-corrected chi connectivity index (χ3v) is 8.42. The van der Waals surface area contributed by atoms with Gasteiger partial charge in [-0.1, -0.05) is 48.5 Å². The lowest BCUT2D eigenvalue weighted by molar-refractivity contribution is -0.161. The maximum atomic E-state index is 15.0. The van der Waals surface area contributed by atoms with Crippen molar-refractivity contribution in [3.63, 3.8) is 0 Å². The summed E-state index contributed by atoms with van der Waals surface area (Å²) in [5, 5.41) is 0.604. The summed E-state index contributed by atoms with van der Waals surface area (Å²) in [5.74, 6) is 0.706. The van der Waals surface area contributed by atoms with Crippen LogP contribution in [0, 0.1) is 0 Å². The Morgan fingerprint density at radius 2 is 1.68 bits per heavy atom. The first kappa shape index (κ1) is 32.8. The summed E-state index contributed by atoms with van der Waals surface area (Å²) >= 11 is 0. The second-order valence-electron chi connectivity index (χ2n) is 11.3. The van der Waals surface area contributed by atoms with Crippen molar-refractivity contribution in [1.29, 1.82) is 0 Å². The molecule has 1 aromatic heterocycles. The molecule has 6 rings (SSSR count). The van der Waals surface area contributed by atoms with Crippen molar-refractivity contribution >= 4 is 22.5 Å². The van der Waals surface area contributed by atoms with Crippen LogP contribution in [-0.4, -0.2) is 87.0 Å². The van der Waals surface area contributed by atoms with Gasteiger partial charge in [0.15, 0.2) is 11.5 Å². The van der Waals surface area contributed by atoms with Gasteiger partial charge in [0.25, 0.3) is 5.91 Å². The summed E-state index contributed by atoms with van der Waals surface area (Å²) in [6.45, 7) is 9.40. The molecule has 11 heteroatoms. The van der Waals surface area contributed by atoms with Gasteiger partial charge in [-0.25, -0.2) is 9.97 Å². The standard InChI is InChI=1S/C36H42N4O7/c1-4-44-35(45-5-2)40-30-15-10-9-14-28(30)36(34(40)41,47-24-26-12-7-6-8-13-26)33-27-22-31(42-3)32(23-29(27)37-25-38-33)46-19-11-16-39-17-20-43-21-18-39/h6-10,12-15,22-23,25,35H,4-5,11,16-21,24H2,1-3H3/t36-/m0/s1. The molecule has 0 bridgehead atoms. The third kappa shape index (κ3) is 6.67. The maximum Gasteiger partial charge on any atom is 0.274 e. The van der Waals surface area contributed by atoms with E-state index < -0.39 is 12.0 Å². The molecule has 248 valence electrons. The van der Waals surface area contributed by atoms with Crippen LogP contribution in [0.15, 0.2) is 73.1 Å². The van der Waals surface area contributed by atoms with Crippen LogP contribution in [0.5, 0.6) is 11.5 Å². The van der Waals surface area contributed by atoms with Crippen molar-refractivity contribution in [2.45, 2.75) is 38.9 Å². The van der Waals surface area contributed by atoms with Crippen LogP contribution < -0.4 is 14.4 Å². The van der Waals surface area contributed by atoms with Gasteiger partial charge in [0.05, 0.1) is 50.4 Å². The lowest BCUT2D eigenvalue weighted by Crippen LogP contribution is -2.49. The number of anilines is 1. The molecule has 2 aliphatic rings. The quantitative estimate of drug-likeness (QED) is 0.131. The number of ether oxygens (including phenoxy) is 6. The van der Waals surface area contributed by atoms with E-state index >= 15 is 0 Å². The van der Waals surface area contributed by atoms with E-state index in [-0.39, 0.29) is 12.5 Å². The smallest absolute Gasteiger partial charge is 0.274 e. The van der Waals surface area contributed by atoms with Crippen LogP contribution in [0.25, 0.3) is 10.9 Å². The molecule has 47 heavy (non-hydrogen) atoms. The Labute approximate surface area is 275 Å². The van der Waals surface area contributed by atoms with Crippen LogP contribution in [0.2, 0.25) is 0 Å². The monoisotopic (exact) mass is 642 g/mol. The zero-order valence-electron chi connectivity index (χ0n) is 27.2. The number of hydrogen-bond donors (Lipinski definition) is 0. The highest BCUT2D eigenvalue weighted by atomic mass is 16.7. The average Bonchev–Trinajstić information content (AvgIpc) is 3.37. The average molecular weight is 643 g/mol. The molecule has 3 heterocycles. The highest BCUT2D eigenvalue weighted by Crippen LogP contribution is 2.50. The Balaban J connectivity index is 1.42. The van der Waals surface area contributed by atoms with E-state index in [9.17, 15) is 4.79 Å². The number of para-hydroxylation sites is 1. The number of rotatable bonds is 15. The summed E-state index contributed by atoms with van der Waals surface area (Å²) in [4.78, 5) is 28.2. The lowest BCUT2D eigenvalue weighted by atomic mass is 9.88.